The Balaban J connectivity index is 2.15. The van der Waals surface area contributed by atoms with E-state index in [-0.39, 0.29) is 5.91 Å². The molecule has 0 saturated carbocycles. The van der Waals surface area contributed by atoms with Gasteiger partial charge in [0, 0.05) is 6.54 Å². The molecule has 0 aliphatic heterocycles. The molecule has 0 saturated heterocycles. The fourth-order valence-electron chi connectivity index (χ4n) is 2.10. The summed E-state index contributed by atoms with van der Waals surface area (Å²) in [6.07, 6.45) is 3.50. The van der Waals surface area contributed by atoms with Crippen molar-refractivity contribution >= 4 is 5.91 Å². The molecular weight excluding hydrogens is 292 g/mol. The maximum absolute atomic E-state index is 12.3. The van der Waals surface area contributed by atoms with Crippen molar-refractivity contribution in [3.63, 3.8) is 0 Å². The quantitative estimate of drug-likeness (QED) is 0.694. The molecule has 1 heterocycles. The van der Waals surface area contributed by atoms with E-state index >= 15 is 0 Å². The highest BCUT2D eigenvalue weighted by atomic mass is 16.5. The van der Waals surface area contributed by atoms with E-state index in [0.717, 1.165) is 25.1 Å². The first-order valence-corrected chi connectivity index (χ1v) is 7.97. The fraction of sp³-hybridized carbons (Fsp3) is 0.412. The SMILES string of the molecule is CCCOc1cn(-c2ccccc2)nc1C(=O)NCCCNC. The molecule has 1 aromatic carbocycles. The number of hydrogen-bond acceptors (Lipinski definition) is 4. The number of para-hydroxylation sites is 1. The smallest absolute Gasteiger partial charge is 0.275 e. The molecular formula is C17H24N4O2. The summed E-state index contributed by atoms with van der Waals surface area (Å²) in [4.78, 5) is 12.3. The molecule has 0 unspecified atom stereocenters. The van der Waals surface area contributed by atoms with Crippen LogP contribution in [-0.2, 0) is 0 Å². The van der Waals surface area contributed by atoms with Crippen molar-refractivity contribution in [2.45, 2.75) is 19.8 Å². The molecule has 1 aromatic heterocycles. The molecule has 1 amide bonds. The van der Waals surface area contributed by atoms with E-state index in [0.29, 0.717) is 24.6 Å². The Bertz CT molecular complexity index is 610. The lowest BCUT2D eigenvalue weighted by Gasteiger charge is -2.05. The minimum atomic E-state index is -0.207. The number of carbonyl (C=O) groups is 1. The average Bonchev–Trinajstić information content (AvgIpc) is 3.02. The van der Waals surface area contributed by atoms with Gasteiger partial charge in [0.1, 0.15) is 0 Å². The Morgan fingerprint density at radius 1 is 1.26 bits per heavy atom. The Morgan fingerprint density at radius 2 is 2.04 bits per heavy atom. The van der Waals surface area contributed by atoms with E-state index < -0.39 is 0 Å². The van der Waals surface area contributed by atoms with Crippen molar-refractivity contribution in [1.82, 2.24) is 20.4 Å². The largest absolute Gasteiger partial charge is 0.489 e. The lowest BCUT2D eigenvalue weighted by atomic mass is 10.3. The monoisotopic (exact) mass is 316 g/mol. The van der Waals surface area contributed by atoms with E-state index in [4.69, 9.17) is 4.74 Å². The van der Waals surface area contributed by atoms with Crippen molar-refractivity contribution < 1.29 is 9.53 Å². The first kappa shape index (κ1) is 17.0. The molecule has 2 N–H and O–H groups in total. The molecule has 2 aromatic rings. The van der Waals surface area contributed by atoms with Gasteiger partial charge in [0.15, 0.2) is 11.4 Å². The predicted molar refractivity (Wildman–Crippen MR) is 90.2 cm³/mol. The van der Waals surface area contributed by atoms with Gasteiger partial charge in [0.25, 0.3) is 5.91 Å². The summed E-state index contributed by atoms with van der Waals surface area (Å²) in [6, 6.07) is 9.68. The van der Waals surface area contributed by atoms with Crippen molar-refractivity contribution in [2.24, 2.45) is 0 Å². The number of carbonyl (C=O) groups excluding carboxylic acids is 1. The summed E-state index contributed by atoms with van der Waals surface area (Å²) in [6.45, 7) is 4.04. The van der Waals surface area contributed by atoms with E-state index in [9.17, 15) is 4.79 Å². The van der Waals surface area contributed by atoms with Crippen LogP contribution in [0.25, 0.3) is 5.69 Å². The number of ether oxygens (including phenoxy) is 1. The van der Waals surface area contributed by atoms with Crippen LogP contribution in [0.1, 0.15) is 30.3 Å². The second-order valence-electron chi connectivity index (χ2n) is 5.18. The minimum Gasteiger partial charge on any atom is -0.489 e. The van der Waals surface area contributed by atoms with Gasteiger partial charge >= 0.3 is 0 Å². The molecule has 6 nitrogen and oxygen atoms in total. The van der Waals surface area contributed by atoms with Gasteiger partial charge in [0.05, 0.1) is 18.5 Å². The standard InChI is InChI=1S/C17H24N4O2/c1-3-12-23-15-13-21(14-8-5-4-6-9-14)20-16(15)17(22)19-11-7-10-18-2/h4-6,8-9,13,18H,3,7,10-12H2,1-2H3,(H,19,22). The van der Waals surface area contributed by atoms with Gasteiger partial charge in [-0.3, -0.25) is 4.79 Å². The second kappa shape index (κ2) is 8.95. The maximum Gasteiger partial charge on any atom is 0.275 e. The topological polar surface area (TPSA) is 68.2 Å². The van der Waals surface area contributed by atoms with Gasteiger partial charge in [-0.1, -0.05) is 25.1 Å². The van der Waals surface area contributed by atoms with Crippen molar-refractivity contribution in [2.75, 3.05) is 26.7 Å². The third-order valence-corrected chi connectivity index (χ3v) is 3.27. The molecule has 0 fully saturated rings. The van der Waals surface area contributed by atoms with Crippen LogP contribution in [0.2, 0.25) is 0 Å². The number of amides is 1. The van der Waals surface area contributed by atoms with Gasteiger partial charge in [-0.05, 0) is 38.6 Å². The average molecular weight is 316 g/mol. The van der Waals surface area contributed by atoms with Gasteiger partial charge in [0.2, 0.25) is 0 Å². The van der Waals surface area contributed by atoms with Crippen LogP contribution in [0.5, 0.6) is 5.75 Å². The van der Waals surface area contributed by atoms with Crippen LogP contribution >= 0.6 is 0 Å². The van der Waals surface area contributed by atoms with Crippen LogP contribution in [-0.4, -0.2) is 42.4 Å². The molecule has 0 radical (unpaired) electrons. The summed E-state index contributed by atoms with van der Waals surface area (Å²) in [5, 5.41) is 10.3. The molecule has 0 bridgehead atoms. The van der Waals surface area contributed by atoms with Gasteiger partial charge in [-0.15, -0.1) is 0 Å². The zero-order chi connectivity index (χ0) is 16.5. The van der Waals surface area contributed by atoms with E-state index in [1.165, 1.54) is 0 Å². The Morgan fingerprint density at radius 3 is 2.74 bits per heavy atom. The number of benzene rings is 1. The lowest BCUT2D eigenvalue weighted by molar-refractivity contribution is 0.0944. The third-order valence-electron chi connectivity index (χ3n) is 3.27. The molecule has 6 heteroatoms. The summed E-state index contributed by atoms with van der Waals surface area (Å²) in [7, 11) is 1.89. The van der Waals surface area contributed by atoms with Gasteiger partial charge in [-0.2, -0.15) is 5.10 Å². The molecule has 23 heavy (non-hydrogen) atoms. The zero-order valence-electron chi connectivity index (χ0n) is 13.7. The maximum atomic E-state index is 12.3. The molecule has 0 aliphatic rings. The normalized spacial score (nSPS) is 10.5. The number of aromatic nitrogens is 2. The van der Waals surface area contributed by atoms with Crippen molar-refractivity contribution in [1.29, 1.82) is 0 Å². The second-order valence-corrected chi connectivity index (χ2v) is 5.18. The highest BCUT2D eigenvalue weighted by Gasteiger charge is 2.18. The third kappa shape index (κ3) is 4.82. The van der Waals surface area contributed by atoms with Crippen molar-refractivity contribution in [3.8, 4) is 11.4 Å². The van der Waals surface area contributed by atoms with E-state index in [1.807, 2.05) is 44.3 Å². The first-order valence-electron chi connectivity index (χ1n) is 7.97. The van der Waals surface area contributed by atoms with Crippen LogP contribution in [0.15, 0.2) is 36.5 Å². The van der Waals surface area contributed by atoms with Gasteiger partial charge in [-0.25, -0.2) is 4.68 Å². The number of hydrogen-bond donors (Lipinski definition) is 2. The number of nitrogens with zero attached hydrogens (tertiary/aromatic N) is 2. The Hall–Kier alpha value is -2.34. The van der Waals surface area contributed by atoms with Crippen LogP contribution in [0.3, 0.4) is 0 Å². The molecule has 0 atom stereocenters. The predicted octanol–water partition coefficient (Wildman–Crippen LogP) is 2.00. The van der Waals surface area contributed by atoms with E-state index in [1.54, 1.807) is 10.9 Å². The van der Waals surface area contributed by atoms with Crippen LogP contribution < -0.4 is 15.4 Å². The highest BCUT2D eigenvalue weighted by molar-refractivity contribution is 5.94. The molecule has 2 rings (SSSR count). The van der Waals surface area contributed by atoms with Crippen LogP contribution in [0, 0.1) is 0 Å². The van der Waals surface area contributed by atoms with Crippen LogP contribution in [0.4, 0.5) is 0 Å². The fourth-order valence-corrected chi connectivity index (χ4v) is 2.10. The summed E-state index contributed by atoms with van der Waals surface area (Å²) < 4.78 is 7.35. The Labute approximate surface area is 136 Å². The van der Waals surface area contributed by atoms with Crippen molar-refractivity contribution in [3.05, 3.63) is 42.2 Å². The summed E-state index contributed by atoms with van der Waals surface area (Å²) in [5.74, 6) is 0.309. The highest BCUT2D eigenvalue weighted by Crippen LogP contribution is 2.20. The number of rotatable bonds is 9. The lowest BCUT2D eigenvalue weighted by Crippen LogP contribution is -2.27. The summed E-state index contributed by atoms with van der Waals surface area (Å²) >= 11 is 0. The molecule has 0 spiro atoms. The van der Waals surface area contributed by atoms with Gasteiger partial charge < -0.3 is 15.4 Å². The summed E-state index contributed by atoms with van der Waals surface area (Å²) in [5.41, 5.74) is 1.22. The minimum absolute atomic E-state index is 0.207. The Kier molecular flexibility index (Phi) is 6.62. The molecule has 124 valence electrons. The number of nitrogens with one attached hydrogen (secondary N) is 2. The molecule has 0 aliphatic carbocycles. The first-order chi connectivity index (χ1) is 11.3. The zero-order valence-corrected chi connectivity index (χ0v) is 13.7. The van der Waals surface area contributed by atoms with E-state index in [2.05, 4.69) is 15.7 Å².